The molecule has 0 unspecified atom stereocenters. The number of aliphatic hydroxyl groups excluding tert-OH is 1. The van der Waals surface area contributed by atoms with Crippen LogP contribution in [0.5, 0.6) is 0 Å². The van der Waals surface area contributed by atoms with Crippen molar-refractivity contribution in [3.8, 4) is 0 Å². The van der Waals surface area contributed by atoms with Gasteiger partial charge in [-0.15, -0.1) is 11.3 Å². The molecular formula is C10H17N3O2S. The van der Waals surface area contributed by atoms with Crippen LogP contribution >= 0.6 is 11.3 Å². The Hall–Kier alpha value is -0.950. The molecule has 1 aromatic heterocycles. The third kappa shape index (κ3) is 3.28. The van der Waals surface area contributed by atoms with Crippen LogP contribution in [-0.2, 0) is 6.54 Å². The van der Waals surface area contributed by atoms with Crippen LogP contribution in [0.3, 0.4) is 0 Å². The minimum atomic E-state index is -0.259. The Labute approximate surface area is 98.8 Å². The average Bonchev–Trinajstić information content (AvgIpc) is 2.75. The summed E-state index contributed by atoms with van der Waals surface area (Å²) in [5, 5.41) is 10.8. The van der Waals surface area contributed by atoms with E-state index >= 15 is 0 Å². The van der Waals surface area contributed by atoms with Crippen LogP contribution in [0.25, 0.3) is 0 Å². The molecule has 0 saturated heterocycles. The summed E-state index contributed by atoms with van der Waals surface area (Å²) in [4.78, 5) is 14.1. The van der Waals surface area contributed by atoms with Crippen molar-refractivity contribution in [2.45, 2.75) is 13.5 Å². The van der Waals surface area contributed by atoms with E-state index < -0.39 is 0 Å². The summed E-state index contributed by atoms with van der Waals surface area (Å²) in [5.41, 5.74) is 3.08. The first-order valence-electron chi connectivity index (χ1n) is 5.13. The normalized spacial score (nSPS) is 10.8. The second-order valence-electron chi connectivity index (χ2n) is 3.34. The van der Waals surface area contributed by atoms with E-state index in [1.807, 2.05) is 18.4 Å². The van der Waals surface area contributed by atoms with Gasteiger partial charge in [-0.3, -0.25) is 15.1 Å². The number of nitrogens with one attached hydrogen (secondary N) is 1. The first-order chi connectivity index (χ1) is 7.72. The Morgan fingerprint density at radius 3 is 3.00 bits per heavy atom. The highest BCUT2D eigenvalue weighted by Crippen LogP contribution is 2.18. The van der Waals surface area contributed by atoms with Gasteiger partial charge < -0.3 is 5.11 Å². The number of carbonyl (C=O) groups excluding carboxylic acids is 1. The van der Waals surface area contributed by atoms with Crippen LogP contribution in [-0.4, -0.2) is 35.6 Å². The second-order valence-corrected chi connectivity index (χ2v) is 4.26. The largest absolute Gasteiger partial charge is 0.395 e. The maximum absolute atomic E-state index is 11.4. The first-order valence-corrected chi connectivity index (χ1v) is 6.01. The zero-order chi connectivity index (χ0) is 12.0. The molecule has 0 saturated carbocycles. The Morgan fingerprint density at radius 1 is 1.69 bits per heavy atom. The molecule has 0 radical (unpaired) electrons. The lowest BCUT2D eigenvalue weighted by Crippen LogP contribution is -2.31. The number of carbonyl (C=O) groups is 1. The van der Waals surface area contributed by atoms with Crippen molar-refractivity contribution >= 4 is 17.2 Å². The molecular weight excluding hydrogens is 226 g/mol. The number of likely N-dealkylation sites (N-methyl/N-ethyl adjacent to an activating group) is 1. The molecule has 0 fully saturated rings. The molecule has 0 aliphatic carbocycles. The van der Waals surface area contributed by atoms with Gasteiger partial charge in [0.05, 0.1) is 11.5 Å². The van der Waals surface area contributed by atoms with Crippen molar-refractivity contribution in [2.24, 2.45) is 5.84 Å². The average molecular weight is 243 g/mol. The third-order valence-corrected chi connectivity index (χ3v) is 3.30. The second kappa shape index (κ2) is 6.59. The molecule has 5 nitrogen and oxygen atoms in total. The van der Waals surface area contributed by atoms with E-state index in [0.717, 1.165) is 12.1 Å². The van der Waals surface area contributed by atoms with Gasteiger partial charge in [-0.2, -0.15) is 0 Å². The van der Waals surface area contributed by atoms with Crippen LogP contribution in [0.2, 0.25) is 0 Å². The zero-order valence-electron chi connectivity index (χ0n) is 9.27. The molecule has 0 spiro atoms. The monoisotopic (exact) mass is 243 g/mol. The highest BCUT2D eigenvalue weighted by atomic mass is 32.1. The van der Waals surface area contributed by atoms with Crippen molar-refractivity contribution in [2.75, 3.05) is 19.7 Å². The number of rotatable bonds is 6. The maximum Gasteiger partial charge on any atom is 0.275 e. The van der Waals surface area contributed by atoms with E-state index in [2.05, 4.69) is 10.3 Å². The number of aliphatic hydroxyl groups is 1. The van der Waals surface area contributed by atoms with Gasteiger partial charge in [0.15, 0.2) is 0 Å². The van der Waals surface area contributed by atoms with Gasteiger partial charge in [-0.05, 0) is 23.6 Å². The summed E-state index contributed by atoms with van der Waals surface area (Å²) in [5.74, 6) is 4.85. The summed E-state index contributed by atoms with van der Waals surface area (Å²) in [7, 11) is 0. The van der Waals surface area contributed by atoms with Crippen molar-refractivity contribution < 1.29 is 9.90 Å². The summed E-state index contributed by atoms with van der Waals surface area (Å²) in [6.07, 6.45) is 0. The predicted molar refractivity (Wildman–Crippen MR) is 64.0 cm³/mol. The first kappa shape index (κ1) is 13.1. The van der Waals surface area contributed by atoms with Crippen LogP contribution in [0.4, 0.5) is 0 Å². The highest BCUT2D eigenvalue weighted by Gasteiger charge is 2.13. The van der Waals surface area contributed by atoms with Gasteiger partial charge >= 0.3 is 0 Å². The Morgan fingerprint density at radius 2 is 2.44 bits per heavy atom. The standard InChI is InChI=1S/C10H17N3O2S/c1-2-13(4-5-14)7-8-3-6-16-9(8)10(15)12-11/h3,6,14H,2,4-5,7,11H2,1H3,(H,12,15). The van der Waals surface area contributed by atoms with Crippen molar-refractivity contribution in [3.05, 3.63) is 21.9 Å². The fraction of sp³-hybridized carbons (Fsp3) is 0.500. The number of thiophene rings is 1. The lowest BCUT2D eigenvalue weighted by atomic mass is 10.2. The van der Waals surface area contributed by atoms with Crippen LogP contribution < -0.4 is 11.3 Å². The summed E-state index contributed by atoms with van der Waals surface area (Å²) < 4.78 is 0. The van der Waals surface area contributed by atoms with E-state index in [9.17, 15) is 4.79 Å². The van der Waals surface area contributed by atoms with Crippen molar-refractivity contribution in [1.29, 1.82) is 0 Å². The van der Waals surface area contributed by atoms with Gasteiger partial charge in [0.25, 0.3) is 5.91 Å². The fourth-order valence-corrected chi connectivity index (χ4v) is 2.27. The lowest BCUT2D eigenvalue weighted by Gasteiger charge is -2.18. The minimum absolute atomic E-state index is 0.121. The molecule has 0 aliphatic heterocycles. The van der Waals surface area contributed by atoms with E-state index in [1.165, 1.54) is 11.3 Å². The summed E-state index contributed by atoms with van der Waals surface area (Å²) in [6, 6.07) is 1.91. The quantitative estimate of drug-likeness (QED) is 0.378. The molecule has 1 heterocycles. The molecule has 0 atom stereocenters. The van der Waals surface area contributed by atoms with Crippen molar-refractivity contribution in [1.82, 2.24) is 10.3 Å². The number of hydrogen-bond donors (Lipinski definition) is 3. The maximum atomic E-state index is 11.4. The number of hydrogen-bond acceptors (Lipinski definition) is 5. The molecule has 1 rings (SSSR count). The molecule has 1 amide bonds. The highest BCUT2D eigenvalue weighted by molar-refractivity contribution is 7.12. The third-order valence-electron chi connectivity index (χ3n) is 2.34. The van der Waals surface area contributed by atoms with E-state index in [1.54, 1.807) is 0 Å². The molecule has 0 bridgehead atoms. The Kier molecular flexibility index (Phi) is 5.41. The fourth-order valence-electron chi connectivity index (χ4n) is 1.46. The smallest absolute Gasteiger partial charge is 0.275 e. The number of nitrogens with two attached hydrogens (primary N) is 1. The van der Waals surface area contributed by atoms with Gasteiger partial charge in [0, 0.05) is 13.1 Å². The molecule has 1 aromatic rings. The van der Waals surface area contributed by atoms with E-state index in [-0.39, 0.29) is 12.5 Å². The molecule has 4 N–H and O–H groups in total. The number of amides is 1. The van der Waals surface area contributed by atoms with E-state index in [4.69, 9.17) is 10.9 Å². The SMILES string of the molecule is CCN(CCO)Cc1ccsc1C(=O)NN. The van der Waals surface area contributed by atoms with Gasteiger partial charge in [-0.25, -0.2) is 5.84 Å². The molecule has 90 valence electrons. The number of nitrogen functional groups attached to an aromatic ring is 1. The Balaban J connectivity index is 2.72. The van der Waals surface area contributed by atoms with Gasteiger partial charge in [0.1, 0.15) is 0 Å². The van der Waals surface area contributed by atoms with Crippen LogP contribution in [0.1, 0.15) is 22.2 Å². The molecule has 16 heavy (non-hydrogen) atoms. The summed E-state index contributed by atoms with van der Waals surface area (Å²) >= 11 is 1.37. The minimum Gasteiger partial charge on any atom is -0.395 e. The van der Waals surface area contributed by atoms with Crippen LogP contribution in [0.15, 0.2) is 11.4 Å². The van der Waals surface area contributed by atoms with Crippen LogP contribution in [0, 0.1) is 0 Å². The lowest BCUT2D eigenvalue weighted by molar-refractivity contribution is 0.0955. The van der Waals surface area contributed by atoms with Gasteiger partial charge in [0.2, 0.25) is 0 Å². The Bertz CT molecular complexity index is 341. The zero-order valence-corrected chi connectivity index (χ0v) is 10.1. The van der Waals surface area contributed by atoms with Crippen molar-refractivity contribution in [3.63, 3.8) is 0 Å². The topological polar surface area (TPSA) is 78.6 Å². The molecule has 0 aromatic carbocycles. The van der Waals surface area contributed by atoms with E-state index in [0.29, 0.717) is 18.0 Å². The number of hydrazine groups is 1. The molecule has 6 heteroatoms. The summed E-state index contributed by atoms with van der Waals surface area (Å²) in [6.45, 7) is 4.24. The predicted octanol–water partition coefficient (Wildman–Crippen LogP) is 0.166. The number of nitrogens with zero attached hydrogens (tertiary/aromatic N) is 1. The molecule has 0 aliphatic rings. The van der Waals surface area contributed by atoms with Gasteiger partial charge in [-0.1, -0.05) is 6.92 Å².